The molecule has 2 aromatic rings. The molecular formula is C20H27N5O3S. The van der Waals surface area contributed by atoms with Gasteiger partial charge in [-0.3, -0.25) is 9.48 Å². The third-order valence-corrected chi connectivity index (χ3v) is 7.46. The fraction of sp³-hybridized carbons (Fsp3) is 0.500. The lowest BCUT2D eigenvalue weighted by molar-refractivity contribution is 0.0677. The van der Waals surface area contributed by atoms with Crippen molar-refractivity contribution in [2.75, 3.05) is 18.4 Å². The summed E-state index contributed by atoms with van der Waals surface area (Å²) in [5, 5.41) is 7.77. The minimum Gasteiger partial charge on any atom is -0.368 e. The lowest BCUT2D eigenvalue weighted by Crippen LogP contribution is -2.52. The van der Waals surface area contributed by atoms with Gasteiger partial charge in [0.25, 0.3) is 5.91 Å². The van der Waals surface area contributed by atoms with E-state index in [2.05, 4.69) is 15.1 Å². The molecule has 0 saturated carbocycles. The van der Waals surface area contributed by atoms with Gasteiger partial charge in [0.1, 0.15) is 4.90 Å². The second kappa shape index (κ2) is 7.46. The molecule has 1 atom stereocenters. The summed E-state index contributed by atoms with van der Waals surface area (Å²) in [6, 6.07) is 6.93. The summed E-state index contributed by atoms with van der Waals surface area (Å²) in [7, 11) is -3.53. The number of aromatic nitrogens is 2. The Morgan fingerprint density at radius 1 is 1.21 bits per heavy atom. The molecule has 2 aliphatic rings. The molecule has 0 bridgehead atoms. The molecule has 2 N–H and O–H groups in total. The number of aryl methyl sites for hydroxylation is 2. The third kappa shape index (κ3) is 3.53. The SMILES string of the molecule is CCn1nc(C)c(C(=O)N2CCC(C3Nc4ccccc4S(=O)(=O)N3)CC2)c1C. The van der Waals surface area contributed by atoms with Gasteiger partial charge in [0.05, 0.1) is 23.1 Å². The average Bonchev–Trinajstić information content (AvgIpc) is 3.00. The van der Waals surface area contributed by atoms with Crippen LogP contribution in [-0.4, -0.2) is 48.3 Å². The van der Waals surface area contributed by atoms with Gasteiger partial charge in [0.2, 0.25) is 10.0 Å². The molecule has 0 aliphatic carbocycles. The first-order valence-corrected chi connectivity index (χ1v) is 11.5. The number of para-hydroxylation sites is 1. The van der Waals surface area contributed by atoms with Crippen molar-refractivity contribution in [3.05, 3.63) is 41.2 Å². The van der Waals surface area contributed by atoms with Crippen LogP contribution in [0.15, 0.2) is 29.2 Å². The number of sulfonamides is 1. The molecule has 2 aliphatic heterocycles. The molecule has 1 aromatic heterocycles. The van der Waals surface area contributed by atoms with Crippen molar-refractivity contribution in [2.45, 2.75) is 51.2 Å². The molecule has 1 aromatic carbocycles. The van der Waals surface area contributed by atoms with Gasteiger partial charge in [-0.25, -0.2) is 8.42 Å². The number of piperidine rings is 1. The fourth-order valence-corrected chi connectivity index (χ4v) is 5.76. The number of likely N-dealkylation sites (tertiary alicyclic amines) is 1. The maximum Gasteiger partial charge on any atom is 0.257 e. The molecular weight excluding hydrogens is 390 g/mol. The molecule has 4 rings (SSSR count). The van der Waals surface area contributed by atoms with Crippen molar-refractivity contribution in [3.63, 3.8) is 0 Å². The first-order chi connectivity index (χ1) is 13.8. The summed E-state index contributed by atoms with van der Waals surface area (Å²) in [5.74, 6) is 0.128. The van der Waals surface area contributed by atoms with Crippen LogP contribution >= 0.6 is 0 Å². The monoisotopic (exact) mass is 417 g/mol. The van der Waals surface area contributed by atoms with Gasteiger partial charge in [-0.05, 0) is 51.7 Å². The van der Waals surface area contributed by atoms with Gasteiger partial charge < -0.3 is 10.2 Å². The normalized spacial score (nSPS) is 21.5. The minimum atomic E-state index is -3.53. The lowest BCUT2D eigenvalue weighted by Gasteiger charge is -2.38. The second-order valence-corrected chi connectivity index (χ2v) is 9.41. The third-order valence-electron chi connectivity index (χ3n) is 5.96. The number of anilines is 1. The Morgan fingerprint density at radius 3 is 2.55 bits per heavy atom. The van der Waals surface area contributed by atoms with Gasteiger partial charge in [0, 0.05) is 25.3 Å². The van der Waals surface area contributed by atoms with Crippen molar-refractivity contribution in [1.82, 2.24) is 19.4 Å². The zero-order valence-corrected chi connectivity index (χ0v) is 17.8. The number of carbonyl (C=O) groups excluding carboxylic acids is 1. The quantitative estimate of drug-likeness (QED) is 0.797. The number of amides is 1. The summed E-state index contributed by atoms with van der Waals surface area (Å²) in [5.41, 5.74) is 2.98. The molecule has 1 unspecified atom stereocenters. The first-order valence-electron chi connectivity index (χ1n) is 10.0. The van der Waals surface area contributed by atoms with E-state index in [4.69, 9.17) is 0 Å². The molecule has 29 heavy (non-hydrogen) atoms. The molecule has 1 saturated heterocycles. The number of rotatable bonds is 3. The highest BCUT2D eigenvalue weighted by atomic mass is 32.2. The number of fused-ring (bicyclic) bond motifs is 1. The predicted molar refractivity (Wildman–Crippen MR) is 110 cm³/mol. The number of hydrogen-bond donors (Lipinski definition) is 2. The number of carbonyl (C=O) groups is 1. The molecule has 3 heterocycles. The first kappa shape index (κ1) is 19.9. The summed E-state index contributed by atoms with van der Waals surface area (Å²) in [6.45, 7) is 7.74. The summed E-state index contributed by atoms with van der Waals surface area (Å²) in [4.78, 5) is 15.2. The number of hydrogen-bond acceptors (Lipinski definition) is 5. The van der Waals surface area contributed by atoms with E-state index in [1.807, 2.05) is 36.4 Å². The summed E-state index contributed by atoms with van der Waals surface area (Å²) >= 11 is 0. The maximum absolute atomic E-state index is 13.1. The Morgan fingerprint density at radius 2 is 1.90 bits per heavy atom. The molecule has 156 valence electrons. The fourth-order valence-electron chi connectivity index (χ4n) is 4.37. The van der Waals surface area contributed by atoms with Crippen LogP contribution in [0.5, 0.6) is 0 Å². The number of nitrogens with one attached hydrogen (secondary N) is 2. The van der Waals surface area contributed by atoms with Crippen LogP contribution in [-0.2, 0) is 16.6 Å². The van der Waals surface area contributed by atoms with Crippen molar-refractivity contribution in [2.24, 2.45) is 5.92 Å². The largest absolute Gasteiger partial charge is 0.368 e. The summed E-state index contributed by atoms with van der Waals surface area (Å²) in [6.07, 6.45) is 1.10. The minimum absolute atomic E-state index is 0.0145. The second-order valence-electron chi connectivity index (χ2n) is 7.73. The van der Waals surface area contributed by atoms with E-state index in [1.54, 1.807) is 18.2 Å². The van der Waals surface area contributed by atoms with Crippen LogP contribution in [0.3, 0.4) is 0 Å². The van der Waals surface area contributed by atoms with Crippen LogP contribution in [0.25, 0.3) is 0 Å². The van der Waals surface area contributed by atoms with E-state index in [1.165, 1.54) is 0 Å². The number of benzene rings is 1. The molecule has 0 spiro atoms. The molecule has 0 radical (unpaired) electrons. The Hall–Kier alpha value is -2.39. The van der Waals surface area contributed by atoms with E-state index in [9.17, 15) is 13.2 Å². The highest BCUT2D eigenvalue weighted by molar-refractivity contribution is 7.89. The smallest absolute Gasteiger partial charge is 0.257 e. The van der Waals surface area contributed by atoms with E-state index < -0.39 is 10.0 Å². The van der Waals surface area contributed by atoms with Crippen LogP contribution in [0.1, 0.15) is 41.5 Å². The molecule has 8 nitrogen and oxygen atoms in total. The Labute approximate surface area is 171 Å². The maximum atomic E-state index is 13.1. The van der Waals surface area contributed by atoms with Gasteiger partial charge in [-0.1, -0.05) is 12.1 Å². The zero-order chi connectivity index (χ0) is 20.8. The van der Waals surface area contributed by atoms with E-state index >= 15 is 0 Å². The Kier molecular flexibility index (Phi) is 5.12. The van der Waals surface area contributed by atoms with Gasteiger partial charge in [-0.15, -0.1) is 0 Å². The Bertz CT molecular complexity index is 1040. The van der Waals surface area contributed by atoms with Crippen molar-refractivity contribution in [3.8, 4) is 0 Å². The molecule has 1 amide bonds. The topological polar surface area (TPSA) is 96.3 Å². The van der Waals surface area contributed by atoms with Gasteiger partial charge in [-0.2, -0.15) is 9.82 Å². The number of nitrogens with zero attached hydrogens (tertiary/aromatic N) is 3. The van der Waals surface area contributed by atoms with Crippen LogP contribution in [0.4, 0.5) is 5.69 Å². The van der Waals surface area contributed by atoms with Crippen molar-refractivity contribution >= 4 is 21.6 Å². The highest BCUT2D eigenvalue weighted by Gasteiger charge is 2.36. The summed E-state index contributed by atoms with van der Waals surface area (Å²) < 4.78 is 29.8. The zero-order valence-electron chi connectivity index (χ0n) is 17.0. The van der Waals surface area contributed by atoms with Gasteiger partial charge >= 0.3 is 0 Å². The van der Waals surface area contributed by atoms with E-state index in [0.717, 1.165) is 30.8 Å². The molecule has 9 heteroatoms. The van der Waals surface area contributed by atoms with Crippen molar-refractivity contribution in [1.29, 1.82) is 0 Å². The van der Waals surface area contributed by atoms with Crippen LogP contribution < -0.4 is 10.0 Å². The predicted octanol–water partition coefficient (Wildman–Crippen LogP) is 2.10. The van der Waals surface area contributed by atoms with Crippen molar-refractivity contribution < 1.29 is 13.2 Å². The standard InChI is InChI=1S/C20H27N5O3S/c1-4-25-14(3)18(13(2)22-25)20(26)24-11-9-15(10-12-24)19-21-16-7-5-6-8-17(16)29(27,28)23-19/h5-8,15,19,21,23H,4,9-12H2,1-3H3. The Balaban J connectivity index is 1.45. The van der Waals surface area contributed by atoms with Crippen LogP contribution in [0.2, 0.25) is 0 Å². The van der Waals surface area contributed by atoms with Crippen LogP contribution in [0, 0.1) is 19.8 Å². The average molecular weight is 418 g/mol. The highest BCUT2D eigenvalue weighted by Crippen LogP contribution is 2.31. The van der Waals surface area contributed by atoms with Gasteiger partial charge in [0.15, 0.2) is 0 Å². The van der Waals surface area contributed by atoms with E-state index in [-0.39, 0.29) is 22.9 Å². The molecule has 1 fully saturated rings. The van der Waals surface area contributed by atoms with E-state index in [0.29, 0.717) is 24.3 Å². The lowest BCUT2D eigenvalue weighted by atomic mass is 9.93.